The van der Waals surface area contributed by atoms with E-state index in [1.807, 2.05) is 0 Å². The normalized spacial score (nSPS) is 24.2. The molecule has 2 atom stereocenters. The Hall–Kier alpha value is -2.35. The van der Waals surface area contributed by atoms with E-state index in [-0.39, 0.29) is 23.2 Å². The highest BCUT2D eigenvalue weighted by molar-refractivity contribution is 7.80. The summed E-state index contributed by atoms with van der Waals surface area (Å²) in [5.41, 5.74) is 7.72. The fourth-order valence-electron chi connectivity index (χ4n) is 5.43. The molecule has 3 heterocycles. The lowest BCUT2D eigenvalue weighted by molar-refractivity contribution is -0.137. The Morgan fingerprint density at radius 1 is 1.03 bits per heavy atom. The van der Waals surface area contributed by atoms with Gasteiger partial charge in [0.15, 0.2) is 0 Å². The number of imide groups is 1. The number of aryl methyl sites for hydroxylation is 2. The minimum absolute atomic E-state index is 0.120. The van der Waals surface area contributed by atoms with Gasteiger partial charge < -0.3 is 4.90 Å². The quantitative estimate of drug-likeness (QED) is 0.538. The van der Waals surface area contributed by atoms with Crippen molar-refractivity contribution in [2.24, 2.45) is 0 Å². The third kappa shape index (κ3) is 4.54. The molecule has 2 fully saturated rings. The fourth-order valence-corrected chi connectivity index (χ4v) is 5.92. The molecule has 0 saturated carbocycles. The van der Waals surface area contributed by atoms with Gasteiger partial charge in [-0.2, -0.15) is 12.6 Å². The summed E-state index contributed by atoms with van der Waals surface area (Å²) in [5.74, 6) is -0.372. The average molecular weight is 465 g/mol. The number of carbonyl (C=O) groups excluding carboxylic acids is 2. The molecule has 3 aliphatic rings. The minimum atomic E-state index is -0.292. The van der Waals surface area contributed by atoms with Crippen molar-refractivity contribution < 1.29 is 9.59 Å². The van der Waals surface area contributed by atoms with E-state index >= 15 is 0 Å². The van der Waals surface area contributed by atoms with Crippen LogP contribution < -0.4 is 10.2 Å². The molecule has 1 N–H and O–H groups in total. The molecule has 33 heavy (non-hydrogen) atoms. The van der Waals surface area contributed by atoms with Crippen molar-refractivity contribution in [3.05, 3.63) is 64.2 Å². The number of carbonyl (C=O) groups is 2. The van der Waals surface area contributed by atoms with E-state index in [0.29, 0.717) is 19.4 Å². The number of rotatable bonds is 4. The van der Waals surface area contributed by atoms with Gasteiger partial charge in [0.2, 0.25) is 11.8 Å². The van der Waals surface area contributed by atoms with Gasteiger partial charge >= 0.3 is 0 Å². The van der Waals surface area contributed by atoms with Crippen LogP contribution in [0.25, 0.3) is 0 Å². The molecule has 7 heteroatoms. The molecule has 0 spiro atoms. The Bertz CT molecular complexity index is 1080. The Balaban J connectivity index is 1.21. The van der Waals surface area contributed by atoms with Crippen molar-refractivity contribution >= 4 is 30.1 Å². The predicted octanol–water partition coefficient (Wildman–Crippen LogP) is 3.17. The van der Waals surface area contributed by atoms with Crippen LogP contribution in [-0.4, -0.2) is 53.8 Å². The number of piperidine rings is 1. The Kier molecular flexibility index (Phi) is 6.20. The summed E-state index contributed by atoms with van der Waals surface area (Å²) < 4.78 is 0. The number of hydrogen-bond acceptors (Lipinski definition) is 6. The van der Waals surface area contributed by atoms with E-state index < -0.39 is 0 Å². The van der Waals surface area contributed by atoms with E-state index in [1.165, 1.54) is 33.5 Å². The summed E-state index contributed by atoms with van der Waals surface area (Å²) in [5, 5.41) is 2.36. The van der Waals surface area contributed by atoms with Crippen LogP contribution in [0.3, 0.4) is 0 Å². The van der Waals surface area contributed by atoms with E-state index in [0.717, 1.165) is 32.7 Å². The second-order valence-electron chi connectivity index (χ2n) is 9.60. The highest BCUT2D eigenvalue weighted by atomic mass is 32.1. The first-order valence-corrected chi connectivity index (χ1v) is 12.3. The van der Waals surface area contributed by atoms with Crippen molar-refractivity contribution in [2.75, 3.05) is 31.1 Å². The van der Waals surface area contributed by atoms with E-state index in [9.17, 15) is 9.59 Å². The topological polar surface area (TPSA) is 55.9 Å². The second kappa shape index (κ2) is 9.12. The van der Waals surface area contributed by atoms with Crippen molar-refractivity contribution in [3.8, 4) is 0 Å². The summed E-state index contributed by atoms with van der Waals surface area (Å²) >= 11 is 4.86. The first-order chi connectivity index (χ1) is 15.9. The minimum Gasteiger partial charge on any atom is -0.369 e. The summed E-state index contributed by atoms with van der Waals surface area (Å²) in [6.07, 6.45) is 0.955. The van der Waals surface area contributed by atoms with Crippen LogP contribution in [0.1, 0.15) is 46.0 Å². The zero-order chi connectivity index (χ0) is 23.1. The number of thiol groups is 1. The van der Waals surface area contributed by atoms with Crippen molar-refractivity contribution in [3.63, 3.8) is 0 Å². The first-order valence-electron chi connectivity index (χ1n) is 11.8. The van der Waals surface area contributed by atoms with Gasteiger partial charge in [-0.3, -0.25) is 24.7 Å². The van der Waals surface area contributed by atoms with Crippen LogP contribution in [0.4, 0.5) is 5.69 Å². The molecule has 0 radical (unpaired) electrons. The lowest BCUT2D eigenvalue weighted by atomic mass is 10.0. The van der Waals surface area contributed by atoms with Crippen LogP contribution in [0.5, 0.6) is 0 Å². The third-order valence-electron chi connectivity index (χ3n) is 7.24. The number of piperazine rings is 1. The standard InChI is InChI=1S/C26H32N4O2S/c1-17-3-6-22(18(2)13-17)29-11-9-28(10-12-29)15-19-4-5-20-16-30(26(33)21(20)14-19)23-7-8-24(31)27-25(23)32/h3-6,13-14,23,26,33H,7-12,15-16H2,1-2H3,(H,27,31,32). The van der Waals surface area contributed by atoms with E-state index in [2.05, 4.69) is 70.3 Å². The van der Waals surface area contributed by atoms with Crippen LogP contribution in [0.2, 0.25) is 0 Å². The summed E-state index contributed by atoms with van der Waals surface area (Å²) in [7, 11) is 0. The van der Waals surface area contributed by atoms with Crippen molar-refractivity contribution in [2.45, 2.75) is 51.2 Å². The average Bonchev–Trinajstić information content (AvgIpc) is 3.10. The van der Waals surface area contributed by atoms with Crippen LogP contribution in [0, 0.1) is 13.8 Å². The molecule has 174 valence electrons. The molecule has 2 aromatic carbocycles. The number of nitrogens with zero attached hydrogens (tertiary/aromatic N) is 3. The molecule has 0 bridgehead atoms. The van der Waals surface area contributed by atoms with Crippen LogP contribution in [-0.2, 0) is 22.7 Å². The highest BCUT2D eigenvalue weighted by Gasteiger charge is 2.39. The zero-order valence-electron chi connectivity index (χ0n) is 19.4. The second-order valence-corrected chi connectivity index (χ2v) is 10.1. The molecule has 0 aromatic heterocycles. The molecule has 2 aromatic rings. The fraction of sp³-hybridized carbons (Fsp3) is 0.462. The highest BCUT2D eigenvalue weighted by Crippen LogP contribution is 2.39. The molecule has 6 nitrogen and oxygen atoms in total. The molecule has 5 rings (SSSR count). The number of benzene rings is 2. The summed E-state index contributed by atoms with van der Waals surface area (Å²) in [4.78, 5) is 31.0. The number of fused-ring (bicyclic) bond motifs is 1. The molecule has 2 saturated heterocycles. The third-order valence-corrected chi connectivity index (χ3v) is 7.81. The van der Waals surface area contributed by atoms with Gasteiger partial charge in [-0.25, -0.2) is 0 Å². The van der Waals surface area contributed by atoms with Gasteiger partial charge in [-0.05, 0) is 48.6 Å². The largest absolute Gasteiger partial charge is 0.369 e. The van der Waals surface area contributed by atoms with Gasteiger partial charge in [0, 0.05) is 51.4 Å². The van der Waals surface area contributed by atoms with Gasteiger partial charge in [0.25, 0.3) is 0 Å². The van der Waals surface area contributed by atoms with Gasteiger partial charge in [0.1, 0.15) is 0 Å². The lowest BCUT2D eigenvalue weighted by Gasteiger charge is -2.37. The lowest BCUT2D eigenvalue weighted by Crippen LogP contribution is -2.51. The van der Waals surface area contributed by atoms with E-state index in [1.54, 1.807) is 0 Å². The maximum absolute atomic E-state index is 12.4. The number of nitrogens with one attached hydrogen (secondary N) is 1. The number of anilines is 1. The van der Waals surface area contributed by atoms with Gasteiger partial charge in [0.05, 0.1) is 11.4 Å². The Labute approximate surface area is 201 Å². The smallest absolute Gasteiger partial charge is 0.243 e. The molecule has 2 amide bonds. The maximum Gasteiger partial charge on any atom is 0.243 e. The van der Waals surface area contributed by atoms with Crippen molar-refractivity contribution in [1.29, 1.82) is 0 Å². The van der Waals surface area contributed by atoms with E-state index in [4.69, 9.17) is 12.6 Å². The van der Waals surface area contributed by atoms with Gasteiger partial charge in [-0.1, -0.05) is 35.9 Å². The van der Waals surface area contributed by atoms with Gasteiger partial charge in [-0.15, -0.1) is 0 Å². The number of hydrogen-bond donors (Lipinski definition) is 2. The molecule has 3 aliphatic heterocycles. The Morgan fingerprint density at radius 3 is 2.55 bits per heavy atom. The SMILES string of the molecule is Cc1ccc(N2CCN(Cc3ccc4c(c3)C(S)N(C3CCC(=O)NC3=O)C4)CC2)c(C)c1. The summed E-state index contributed by atoms with van der Waals surface area (Å²) in [6, 6.07) is 13.1. The molecular formula is C26H32N4O2S. The number of amides is 2. The van der Waals surface area contributed by atoms with Crippen molar-refractivity contribution in [1.82, 2.24) is 15.1 Å². The van der Waals surface area contributed by atoms with Crippen LogP contribution >= 0.6 is 12.6 Å². The monoisotopic (exact) mass is 464 g/mol. The Morgan fingerprint density at radius 2 is 1.82 bits per heavy atom. The molecule has 0 aliphatic carbocycles. The van der Waals surface area contributed by atoms with Crippen LogP contribution in [0.15, 0.2) is 36.4 Å². The molecule has 2 unspecified atom stereocenters. The summed E-state index contributed by atoms with van der Waals surface area (Å²) in [6.45, 7) is 10.1. The first kappa shape index (κ1) is 22.4. The predicted molar refractivity (Wildman–Crippen MR) is 133 cm³/mol. The maximum atomic E-state index is 12.4. The molecular weight excluding hydrogens is 432 g/mol. The zero-order valence-corrected chi connectivity index (χ0v) is 20.3.